The Labute approximate surface area is 131 Å². The highest BCUT2D eigenvalue weighted by atomic mass is 16.5. The standard InChI is InChI=1S/C17H24N2O3/c1-10-15(12(3)20)11(2)18-16(10)17(21)19(14-4-5-14)8-13-6-7-22-9-13/h13-14,18H,4-9H2,1-3H3/t13-/m0/s1. The molecule has 2 fully saturated rings. The highest BCUT2D eigenvalue weighted by Crippen LogP contribution is 2.31. The number of aryl methyl sites for hydroxylation is 1. The van der Waals surface area contributed by atoms with E-state index in [1.165, 1.54) is 0 Å². The SMILES string of the molecule is CC(=O)c1c(C)[nH]c(C(=O)N(C[C@@H]2CCOC2)C2CC2)c1C. The average molecular weight is 304 g/mol. The van der Waals surface area contributed by atoms with Crippen molar-refractivity contribution in [2.24, 2.45) is 5.92 Å². The van der Waals surface area contributed by atoms with E-state index >= 15 is 0 Å². The first kappa shape index (κ1) is 15.3. The molecule has 120 valence electrons. The van der Waals surface area contributed by atoms with E-state index in [4.69, 9.17) is 4.74 Å². The number of hydrogen-bond donors (Lipinski definition) is 1. The number of carbonyl (C=O) groups is 2. The molecule has 1 aromatic heterocycles. The van der Waals surface area contributed by atoms with E-state index in [0.717, 1.165) is 50.3 Å². The van der Waals surface area contributed by atoms with Crippen LogP contribution in [0.2, 0.25) is 0 Å². The van der Waals surface area contributed by atoms with Gasteiger partial charge in [-0.15, -0.1) is 0 Å². The van der Waals surface area contributed by atoms with Gasteiger partial charge in [0.2, 0.25) is 0 Å². The molecule has 1 aromatic rings. The van der Waals surface area contributed by atoms with Crippen molar-refractivity contribution in [1.29, 1.82) is 0 Å². The van der Waals surface area contributed by atoms with Crippen molar-refractivity contribution in [3.8, 4) is 0 Å². The van der Waals surface area contributed by atoms with Gasteiger partial charge in [0.05, 0.1) is 6.61 Å². The maximum atomic E-state index is 13.0. The molecule has 1 atom stereocenters. The predicted molar refractivity (Wildman–Crippen MR) is 83.3 cm³/mol. The number of H-pyrrole nitrogens is 1. The van der Waals surface area contributed by atoms with Crippen LogP contribution in [0, 0.1) is 19.8 Å². The smallest absolute Gasteiger partial charge is 0.270 e. The lowest BCUT2D eigenvalue weighted by Gasteiger charge is -2.25. The fourth-order valence-electron chi connectivity index (χ4n) is 3.43. The molecule has 2 heterocycles. The second-order valence-electron chi connectivity index (χ2n) is 6.60. The molecule has 1 saturated carbocycles. The number of ether oxygens (including phenoxy) is 1. The van der Waals surface area contributed by atoms with Crippen LogP contribution in [0.3, 0.4) is 0 Å². The van der Waals surface area contributed by atoms with E-state index < -0.39 is 0 Å². The summed E-state index contributed by atoms with van der Waals surface area (Å²) in [5, 5.41) is 0. The van der Waals surface area contributed by atoms with Gasteiger partial charge >= 0.3 is 0 Å². The van der Waals surface area contributed by atoms with Crippen LogP contribution in [0.1, 0.15) is 58.3 Å². The first-order valence-electron chi connectivity index (χ1n) is 8.07. The molecular weight excluding hydrogens is 280 g/mol. The predicted octanol–water partition coefficient (Wildman–Crippen LogP) is 2.48. The first-order chi connectivity index (χ1) is 10.5. The van der Waals surface area contributed by atoms with Crippen molar-refractivity contribution in [3.63, 3.8) is 0 Å². The van der Waals surface area contributed by atoms with E-state index in [-0.39, 0.29) is 11.7 Å². The molecule has 0 radical (unpaired) electrons. The van der Waals surface area contributed by atoms with Gasteiger partial charge in [-0.05, 0) is 45.6 Å². The Morgan fingerprint density at radius 2 is 2.00 bits per heavy atom. The first-order valence-corrected chi connectivity index (χ1v) is 8.07. The van der Waals surface area contributed by atoms with Crippen LogP contribution in [0.4, 0.5) is 0 Å². The van der Waals surface area contributed by atoms with Crippen molar-refractivity contribution in [2.75, 3.05) is 19.8 Å². The van der Waals surface area contributed by atoms with Gasteiger partial charge in [0.25, 0.3) is 5.91 Å². The molecule has 1 aliphatic heterocycles. The normalized spacial score (nSPS) is 21.1. The average Bonchev–Trinajstić information content (AvgIpc) is 3.08. The highest BCUT2D eigenvalue weighted by Gasteiger charge is 2.36. The lowest BCUT2D eigenvalue weighted by atomic mass is 10.1. The fourth-order valence-corrected chi connectivity index (χ4v) is 3.43. The van der Waals surface area contributed by atoms with Crippen molar-refractivity contribution in [1.82, 2.24) is 9.88 Å². The number of aromatic nitrogens is 1. The Morgan fingerprint density at radius 3 is 2.50 bits per heavy atom. The zero-order valence-electron chi connectivity index (χ0n) is 13.6. The Balaban J connectivity index is 1.84. The summed E-state index contributed by atoms with van der Waals surface area (Å²) >= 11 is 0. The van der Waals surface area contributed by atoms with Gasteiger partial charge in [-0.1, -0.05) is 0 Å². The van der Waals surface area contributed by atoms with Gasteiger partial charge in [0, 0.05) is 36.4 Å². The van der Waals surface area contributed by atoms with Crippen LogP contribution in [-0.4, -0.2) is 47.4 Å². The minimum atomic E-state index is 0.00691. The van der Waals surface area contributed by atoms with Crippen molar-refractivity contribution < 1.29 is 14.3 Å². The quantitative estimate of drug-likeness (QED) is 0.850. The molecule has 1 N–H and O–H groups in total. The zero-order chi connectivity index (χ0) is 15.9. The molecule has 0 spiro atoms. The van der Waals surface area contributed by atoms with Crippen LogP contribution in [-0.2, 0) is 4.74 Å². The number of ketones is 1. The minimum Gasteiger partial charge on any atom is -0.381 e. The fraction of sp³-hybridized carbons (Fsp3) is 0.647. The number of hydrogen-bond acceptors (Lipinski definition) is 3. The molecule has 1 saturated heterocycles. The van der Waals surface area contributed by atoms with Crippen molar-refractivity contribution in [2.45, 2.75) is 46.1 Å². The maximum Gasteiger partial charge on any atom is 0.270 e. The van der Waals surface area contributed by atoms with Crippen LogP contribution >= 0.6 is 0 Å². The third-order valence-electron chi connectivity index (χ3n) is 4.73. The summed E-state index contributed by atoms with van der Waals surface area (Å²) in [6.07, 6.45) is 3.19. The third-order valence-corrected chi connectivity index (χ3v) is 4.73. The number of nitrogens with zero attached hydrogens (tertiary/aromatic N) is 1. The van der Waals surface area contributed by atoms with E-state index in [1.807, 2.05) is 18.7 Å². The van der Waals surface area contributed by atoms with Gasteiger partial charge in [0.1, 0.15) is 5.69 Å². The molecule has 5 heteroatoms. The van der Waals surface area contributed by atoms with Crippen molar-refractivity contribution in [3.05, 3.63) is 22.5 Å². The summed E-state index contributed by atoms with van der Waals surface area (Å²) in [5.41, 5.74) is 2.80. The minimum absolute atomic E-state index is 0.00691. The number of Topliss-reactive ketones (excluding diaryl/α,β-unsaturated/α-hetero) is 1. The van der Waals surface area contributed by atoms with E-state index in [0.29, 0.717) is 23.2 Å². The van der Waals surface area contributed by atoms with E-state index in [1.54, 1.807) is 6.92 Å². The van der Waals surface area contributed by atoms with E-state index in [9.17, 15) is 9.59 Å². The number of amides is 1. The second kappa shape index (κ2) is 5.88. The Bertz CT molecular complexity index is 595. The molecule has 1 amide bonds. The molecule has 5 nitrogen and oxygen atoms in total. The second-order valence-corrected chi connectivity index (χ2v) is 6.60. The molecule has 0 unspecified atom stereocenters. The van der Waals surface area contributed by atoms with Crippen LogP contribution in [0.15, 0.2) is 0 Å². The zero-order valence-corrected chi connectivity index (χ0v) is 13.6. The summed E-state index contributed by atoms with van der Waals surface area (Å²) in [5.74, 6) is 0.475. The number of aromatic amines is 1. The van der Waals surface area contributed by atoms with Crippen molar-refractivity contribution >= 4 is 11.7 Å². The molecule has 0 aromatic carbocycles. The summed E-state index contributed by atoms with van der Waals surface area (Å²) in [7, 11) is 0. The lowest BCUT2D eigenvalue weighted by Crippen LogP contribution is -2.38. The maximum absolute atomic E-state index is 13.0. The molecule has 22 heavy (non-hydrogen) atoms. The Morgan fingerprint density at radius 1 is 1.27 bits per heavy atom. The summed E-state index contributed by atoms with van der Waals surface area (Å²) < 4.78 is 5.43. The van der Waals surface area contributed by atoms with Gasteiger partial charge in [-0.3, -0.25) is 9.59 Å². The topological polar surface area (TPSA) is 62.4 Å². The molecule has 2 aliphatic rings. The van der Waals surface area contributed by atoms with Gasteiger partial charge < -0.3 is 14.6 Å². The molecular formula is C17H24N2O3. The Hall–Kier alpha value is -1.62. The summed E-state index contributed by atoms with van der Waals surface area (Å²) in [4.78, 5) is 29.8. The van der Waals surface area contributed by atoms with Crippen LogP contribution in [0.25, 0.3) is 0 Å². The number of rotatable bonds is 5. The van der Waals surface area contributed by atoms with Gasteiger partial charge in [-0.2, -0.15) is 0 Å². The van der Waals surface area contributed by atoms with Crippen LogP contribution in [0.5, 0.6) is 0 Å². The van der Waals surface area contributed by atoms with E-state index in [2.05, 4.69) is 4.98 Å². The monoisotopic (exact) mass is 304 g/mol. The van der Waals surface area contributed by atoms with Gasteiger partial charge in [-0.25, -0.2) is 0 Å². The molecule has 1 aliphatic carbocycles. The molecule has 3 rings (SSSR count). The number of carbonyl (C=O) groups excluding carboxylic acids is 2. The highest BCUT2D eigenvalue weighted by molar-refractivity contribution is 6.02. The van der Waals surface area contributed by atoms with Gasteiger partial charge in [0.15, 0.2) is 5.78 Å². The van der Waals surface area contributed by atoms with Crippen LogP contribution < -0.4 is 0 Å². The summed E-state index contributed by atoms with van der Waals surface area (Å²) in [6, 6.07) is 0.358. The summed E-state index contributed by atoms with van der Waals surface area (Å²) in [6.45, 7) is 7.57. The lowest BCUT2D eigenvalue weighted by molar-refractivity contribution is 0.0700. The Kier molecular flexibility index (Phi) is 4.08. The largest absolute Gasteiger partial charge is 0.381 e. The third kappa shape index (κ3) is 2.82. The number of nitrogens with one attached hydrogen (secondary N) is 1. The molecule has 0 bridgehead atoms.